The minimum Gasteiger partial charge on any atom is -0.268 e. The molecule has 0 bridgehead atoms. The van der Waals surface area contributed by atoms with Gasteiger partial charge in [0.1, 0.15) is 5.69 Å². The van der Waals surface area contributed by atoms with Crippen LogP contribution < -0.4 is 0 Å². The molecular formula is C12H14ClN3. The molecule has 0 fully saturated rings. The van der Waals surface area contributed by atoms with Gasteiger partial charge in [0.2, 0.25) is 0 Å². The zero-order valence-electron chi connectivity index (χ0n) is 9.66. The van der Waals surface area contributed by atoms with Gasteiger partial charge in [0.25, 0.3) is 0 Å². The summed E-state index contributed by atoms with van der Waals surface area (Å²) in [5.74, 6) is 0. The third-order valence-corrected chi connectivity index (χ3v) is 3.07. The van der Waals surface area contributed by atoms with Crippen molar-refractivity contribution in [1.29, 1.82) is 0 Å². The topological polar surface area (TPSA) is 30.7 Å². The van der Waals surface area contributed by atoms with E-state index in [0.29, 0.717) is 5.02 Å². The number of aromatic nitrogens is 3. The predicted molar refractivity (Wildman–Crippen MR) is 65.6 cm³/mol. The lowest BCUT2D eigenvalue weighted by molar-refractivity contribution is 0.642. The van der Waals surface area contributed by atoms with E-state index in [1.807, 2.05) is 43.8 Å². The second kappa shape index (κ2) is 4.26. The SMILES string of the molecule is CCn1nc(-c2ccc(C)nc2)c(Cl)c1C. The van der Waals surface area contributed by atoms with E-state index in [1.54, 1.807) is 0 Å². The maximum absolute atomic E-state index is 6.26. The minimum absolute atomic E-state index is 0.715. The molecular weight excluding hydrogens is 222 g/mol. The largest absolute Gasteiger partial charge is 0.268 e. The number of nitrogens with zero attached hydrogens (tertiary/aromatic N) is 3. The highest BCUT2D eigenvalue weighted by molar-refractivity contribution is 6.33. The van der Waals surface area contributed by atoms with Gasteiger partial charge in [-0.1, -0.05) is 11.6 Å². The zero-order chi connectivity index (χ0) is 11.7. The summed E-state index contributed by atoms with van der Waals surface area (Å²) in [6.07, 6.45) is 1.81. The molecule has 84 valence electrons. The number of pyridine rings is 1. The molecule has 3 nitrogen and oxygen atoms in total. The van der Waals surface area contributed by atoms with Crippen LogP contribution in [0.15, 0.2) is 18.3 Å². The van der Waals surface area contributed by atoms with Crippen LogP contribution in [-0.4, -0.2) is 14.8 Å². The van der Waals surface area contributed by atoms with Gasteiger partial charge in [0.05, 0.1) is 10.7 Å². The van der Waals surface area contributed by atoms with E-state index < -0.39 is 0 Å². The standard InChI is InChI=1S/C12H14ClN3/c1-4-16-9(3)11(13)12(15-16)10-6-5-8(2)14-7-10/h5-7H,4H2,1-3H3. The van der Waals surface area contributed by atoms with Crippen LogP contribution in [0.5, 0.6) is 0 Å². The number of hydrogen-bond donors (Lipinski definition) is 0. The molecule has 0 aromatic carbocycles. The van der Waals surface area contributed by atoms with Crippen LogP contribution in [0.4, 0.5) is 0 Å². The van der Waals surface area contributed by atoms with Crippen molar-refractivity contribution in [2.45, 2.75) is 27.3 Å². The summed E-state index contributed by atoms with van der Waals surface area (Å²) in [5, 5.41) is 5.19. The van der Waals surface area contributed by atoms with E-state index in [0.717, 1.165) is 29.2 Å². The molecule has 0 radical (unpaired) electrons. The van der Waals surface area contributed by atoms with E-state index in [9.17, 15) is 0 Å². The normalized spacial score (nSPS) is 10.8. The average Bonchev–Trinajstić information content (AvgIpc) is 2.57. The summed E-state index contributed by atoms with van der Waals surface area (Å²) < 4.78 is 1.90. The van der Waals surface area contributed by atoms with Gasteiger partial charge in [-0.05, 0) is 32.9 Å². The molecule has 0 amide bonds. The van der Waals surface area contributed by atoms with Gasteiger partial charge >= 0.3 is 0 Å². The summed E-state index contributed by atoms with van der Waals surface area (Å²) in [5.41, 5.74) is 3.77. The Morgan fingerprint density at radius 1 is 1.31 bits per heavy atom. The molecule has 16 heavy (non-hydrogen) atoms. The lowest BCUT2D eigenvalue weighted by Gasteiger charge is -1.97. The van der Waals surface area contributed by atoms with Crippen LogP contribution in [0, 0.1) is 13.8 Å². The van der Waals surface area contributed by atoms with Crippen LogP contribution >= 0.6 is 11.6 Å². The van der Waals surface area contributed by atoms with Crippen molar-refractivity contribution in [2.24, 2.45) is 0 Å². The Balaban J connectivity index is 2.52. The number of rotatable bonds is 2. The van der Waals surface area contributed by atoms with Crippen molar-refractivity contribution in [3.05, 3.63) is 34.7 Å². The molecule has 2 aromatic heterocycles. The van der Waals surface area contributed by atoms with Crippen molar-refractivity contribution in [3.8, 4) is 11.3 Å². The van der Waals surface area contributed by atoms with Gasteiger partial charge in [-0.2, -0.15) is 5.10 Å². The van der Waals surface area contributed by atoms with Crippen molar-refractivity contribution in [2.75, 3.05) is 0 Å². The summed E-state index contributed by atoms with van der Waals surface area (Å²) in [6, 6.07) is 3.96. The minimum atomic E-state index is 0.715. The third-order valence-electron chi connectivity index (χ3n) is 2.62. The fraction of sp³-hybridized carbons (Fsp3) is 0.333. The van der Waals surface area contributed by atoms with E-state index in [2.05, 4.69) is 10.1 Å². The molecule has 4 heteroatoms. The van der Waals surface area contributed by atoms with Crippen LogP contribution in [0.2, 0.25) is 5.02 Å². The maximum Gasteiger partial charge on any atom is 0.113 e. The van der Waals surface area contributed by atoms with Crippen LogP contribution in [0.25, 0.3) is 11.3 Å². The first-order chi connectivity index (χ1) is 7.63. The lowest BCUT2D eigenvalue weighted by atomic mass is 10.2. The van der Waals surface area contributed by atoms with Gasteiger partial charge in [0, 0.05) is 24.0 Å². The molecule has 2 aromatic rings. The third kappa shape index (κ3) is 1.83. The van der Waals surface area contributed by atoms with Gasteiger partial charge in [0.15, 0.2) is 0 Å². The van der Waals surface area contributed by atoms with Crippen molar-refractivity contribution in [3.63, 3.8) is 0 Å². The number of halogens is 1. The number of aryl methyl sites for hydroxylation is 2. The van der Waals surface area contributed by atoms with Crippen LogP contribution in [0.3, 0.4) is 0 Å². The molecule has 0 saturated heterocycles. The molecule has 0 aliphatic rings. The molecule has 0 spiro atoms. The van der Waals surface area contributed by atoms with Crippen LogP contribution in [0.1, 0.15) is 18.3 Å². The average molecular weight is 236 g/mol. The van der Waals surface area contributed by atoms with E-state index in [-0.39, 0.29) is 0 Å². The second-order valence-electron chi connectivity index (χ2n) is 3.75. The van der Waals surface area contributed by atoms with Gasteiger partial charge in [-0.15, -0.1) is 0 Å². The monoisotopic (exact) mass is 235 g/mol. The summed E-state index contributed by atoms with van der Waals surface area (Å²) in [6.45, 7) is 6.81. The van der Waals surface area contributed by atoms with Gasteiger partial charge in [-0.25, -0.2) is 0 Å². The summed E-state index contributed by atoms with van der Waals surface area (Å²) >= 11 is 6.26. The highest BCUT2D eigenvalue weighted by Gasteiger charge is 2.13. The van der Waals surface area contributed by atoms with E-state index in [4.69, 9.17) is 11.6 Å². The molecule has 2 rings (SSSR count). The first kappa shape index (κ1) is 11.1. The highest BCUT2D eigenvalue weighted by Crippen LogP contribution is 2.29. The Kier molecular flexibility index (Phi) is 2.97. The molecule has 0 unspecified atom stereocenters. The maximum atomic E-state index is 6.26. The van der Waals surface area contributed by atoms with Crippen molar-refractivity contribution in [1.82, 2.24) is 14.8 Å². The molecule has 0 atom stereocenters. The Bertz CT molecular complexity index is 500. The smallest absolute Gasteiger partial charge is 0.113 e. The number of hydrogen-bond acceptors (Lipinski definition) is 2. The second-order valence-corrected chi connectivity index (χ2v) is 4.13. The molecule has 0 N–H and O–H groups in total. The first-order valence-corrected chi connectivity index (χ1v) is 5.67. The predicted octanol–water partition coefficient (Wildman–Crippen LogP) is 3.24. The van der Waals surface area contributed by atoms with Crippen molar-refractivity contribution < 1.29 is 0 Å². The lowest BCUT2D eigenvalue weighted by Crippen LogP contribution is -1.98. The quantitative estimate of drug-likeness (QED) is 0.800. The zero-order valence-corrected chi connectivity index (χ0v) is 10.4. The summed E-state index contributed by atoms with van der Waals surface area (Å²) in [4.78, 5) is 4.25. The Morgan fingerprint density at radius 2 is 2.06 bits per heavy atom. The molecule has 0 aliphatic heterocycles. The Labute approximate surface area is 100 Å². The van der Waals surface area contributed by atoms with E-state index in [1.165, 1.54) is 0 Å². The highest BCUT2D eigenvalue weighted by atomic mass is 35.5. The Morgan fingerprint density at radius 3 is 2.56 bits per heavy atom. The Hall–Kier alpha value is -1.35. The van der Waals surface area contributed by atoms with E-state index >= 15 is 0 Å². The molecule has 2 heterocycles. The fourth-order valence-electron chi connectivity index (χ4n) is 1.62. The molecule has 0 saturated carbocycles. The summed E-state index contributed by atoms with van der Waals surface area (Å²) in [7, 11) is 0. The van der Waals surface area contributed by atoms with Crippen molar-refractivity contribution >= 4 is 11.6 Å². The van der Waals surface area contributed by atoms with Gasteiger partial charge < -0.3 is 0 Å². The molecule has 0 aliphatic carbocycles. The first-order valence-electron chi connectivity index (χ1n) is 5.29. The fourth-order valence-corrected chi connectivity index (χ4v) is 1.87. The van der Waals surface area contributed by atoms with Crippen LogP contribution in [-0.2, 0) is 6.54 Å². The van der Waals surface area contributed by atoms with Gasteiger partial charge in [-0.3, -0.25) is 9.67 Å².